The Morgan fingerprint density at radius 2 is 1.88 bits per heavy atom. The average Bonchev–Trinajstić information content (AvgIpc) is 3.39. The van der Waals surface area contributed by atoms with Crippen molar-refractivity contribution in [1.29, 1.82) is 0 Å². The first kappa shape index (κ1) is 21.1. The van der Waals surface area contributed by atoms with Crippen LogP contribution in [0.3, 0.4) is 0 Å². The molecule has 168 valence electrons. The topological polar surface area (TPSA) is 55.5 Å². The number of aromatic nitrogens is 3. The van der Waals surface area contributed by atoms with Gasteiger partial charge in [-0.15, -0.1) is 0 Å². The fourth-order valence-electron chi connectivity index (χ4n) is 4.01. The van der Waals surface area contributed by atoms with Crippen molar-refractivity contribution in [3.05, 3.63) is 71.9 Å². The summed E-state index contributed by atoms with van der Waals surface area (Å²) in [5.74, 6) is -0.570. The second kappa shape index (κ2) is 8.00. The van der Waals surface area contributed by atoms with E-state index >= 15 is 0 Å². The quantitative estimate of drug-likeness (QED) is 0.385. The summed E-state index contributed by atoms with van der Waals surface area (Å²) in [6.45, 7) is 4.50. The van der Waals surface area contributed by atoms with Crippen molar-refractivity contribution in [3.63, 3.8) is 0 Å². The lowest BCUT2D eigenvalue weighted by molar-refractivity contribution is -0.145. The highest BCUT2D eigenvalue weighted by Crippen LogP contribution is 2.35. The molecule has 0 amide bonds. The van der Waals surface area contributed by atoms with Gasteiger partial charge in [0.1, 0.15) is 18.2 Å². The number of fused-ring (bicyclic) bond motifs is 2. The summed E-state index contributed by atoms with van der Waals surface area (Å²) in [6, 6.07) is 14.0. The fourth-order valence-corrected chi connectivity index (χ4v) is 4.01. The fraction of sp³-hybridized carbons (Fsp3) is 0.208. The van der Waals surface area contributed by atoms with E-state index in [1.807, 2.05) is 36.3 Å². The lowest BCUT2D eigenvalue weighted by Crippen LogP contribution is -2.22. The van der Waals surface area contributed by atoms with E-state index in [1.165, 1.54) is 6.20 Å². The molecule has 9 heteroatoms. The van der Waals surface area contributed by atoms with Crippen LogP contribution in [0.1, 0.15) is 17.1 Å². The standard InChI is InChI=1S/C24H20F3N5O/c1-28-19-10-16(15-3-5-21-17(9-15)7-8-31(21)2)4-6-22(19)33-14-32-12-18-11-29-23(24(25,26)27)30-20(18)13-32/h3-11H,1,12-14H2,2H3. The van der Waals surface area contributed by atoms with Gasteiger partial charge in [-0.05, 0) is 48.2 Å². The molecule has 2 aromatic carbocycles. The van der Waals surface area contributed by atoms with Crippen LogP contribution in [0.5, 0.6) is 5.75 Å². The van der Waals surface area contributed by atoms with Gasteiger partial charge in [-0.2, -0.15) is 13.2 Å². The van der Waals surface area contributed by atoms with Gasteiger partial charge in [0.15, 0.2) is 0 Å². The molecular formula is C24H20F3N5O. The third-order valence-electron chi connectivity index (χ3n) is 5.73. The van der Waals surface area contributed by atoms with Crippen molar-refractivity contribution < 1.29 is 17.9 Å². The first-order valence-corrected chi connectivity index (χ1v) is 10.3. The second-order valence-electron chi connectivity index (χ2n) is 7.96. The van der Waals surface area contributed by atoms with E-state index in [9.17, 15) is 13.2 Å². The van der Waals surface area contributed by atoms with Gasteiger partial charge in [0.05, 0.1) is 5.69 Å². The smallest absolute Gasteiger partial charge is 0.451 e. The molecular weight excluding hydrogens is 431 g/mol. The molecule has 0 atom stereocenters. The highest BCUT2D eigenvalue weighted by Gasteiger charge is 2.36. The number of ether oxygens (including phenoxy) is 1. The van der Waals surface area contributed by atoms with Crippen molar-refractivity contribution >= 4 is 23.3 Å². The second-order valence-corrected chi connectivity index (χ2v) is 7.96. The summed E-state index contributed by atoms with van der Waals surface area (Å²) in [7, 11) is 2.01. The van der Waals surface area contributed by atoms with Gasteiger partial charge in [-0.3, -0.25) is 9.89 Å². The summed E-state index contributed by atoms with van der Waals surface area (Å²) in [4.78, 5) is 13.1. The minimum Gasteiger partial charge on any atom is -0.476 e. The molecule has 0 radical (unpaired) electrons. The van der Waals surface area contributed by atoms with E-state index in [-0.39, 0.29) is 13.3 Å². The number of benzene rings is 2. The molecule has 6 nitrogen and oxygen atoms in total. The highest BCUT2D eigenvalue weighted by atomic mass is 19.4. The maximum absolute atomic E-state index is 12.9. The molecule has 4 aromatic rings. The summed E-state index contributed by atoms with van der Waals surface area (Å²) in [6.07, 6.45) is -1.30. The molecule has 0 N–H and O–H groups in total. The minimum atomic E-state index is -4.56. The SMILES string of the molecule is C=Nc1cc(-c2ccc3c(ccn3C)c2)ccc1OCN1Cc2cnc(C(F)(F)F)nc2C1. The molecule has 0 unspecified atom stereocenters. The van der Waals surface area contributed by atoms with Crippen LogP contribution in [0, 0.1) is 0 Å². The molecule has 0 saturated carbocycles. The number of hydrogen-bond donors (Lipinski definition) is 0. The number of nitrogens with zero attached hydrogens (tertiary/aromatic N) is 5. The number of halogens is 3. The van der Waals surface area contributed by atoms with Crippen LogP contribution in [0.2, 0.25) is 0 Å². The van der Waals surface area contributed by atoms with Crippen molar-refractivity contribution in [2.75, 3.05) is 6.73 Å². The Bertz CT molecular complexity index is 1360. The van der Waals surface area contributed by atoms with Crippen molar-refractivity contribution in [1.82, 2.24) is 19.4 Å². The number of aliphatic imine (C=N–C) groups is 1. The van der Waals surface area contributed by atoms with Crippen molar-refractivity contribution in [2.45, 2.75) is 19.3 Å². The summed E-state index contributed by atoms with van der Waals surface area (Å²) >= 11 is 0. The Balaban J connectivity index is 1.30. The first-order chi connectivity index (χ1) is 15.8. The van der Waals surface area contributed by atoms with Gasteiger partial charge >= 0.3 is 6.18 Å². The average molecular weight is 451 g/mol. The van der Waals surface area contributed by atoms with E-state index in [4.69, 9.17) is 4.74 Å². The first-order valence-electron chi connectivity index (χ1n) is 10.3. The molecule has 0 fully saturated rings. The maximum atomic E-state index is 12.9. The zero-order valence-corrected chi connectivity index (χ0v) is 17.8. The van der Waals surface area contributed by atoms with Gasteiger partial charge < -0.3 is 9.30 Å². The number of hydrogen-bond acceptors (Lipinski definition) is 5. The van der Waals surface area contributed by atoms with Gasteiger partial charge in [-0.25, -0.2) is 9.97 Å². The van der Waals surface area contributed by atoms with E-state index in [2.05, 4.69) is 50.5 Å². The van der Waals surface area contributed by atoms with E-state index in [0.717, 1.165) is 22.0 Å². The number of aryl methyl sites for hydroxylation is 1. The Kier molecular flexibility index (Phi) is 5.13. The number of alkyl halides is 3. The van der Waals surface area contributed by atoms with Gasteiger partial charge in [0, 0.05) is 49.0 Å². The van der Waals surface area contributed by atoms with Gasteiger partial charge in [0.2, 0.25) is 5.82 Å². The van der Waals surface area contributed by atoms with E-state index < -0.39 is 12.0 Å². The Hall–Kier alpha value is -3.72. The molecule has 2 aromatic heterocycles. The molecule has 33 heavy (non-hydrogen) atoms. The lowest BCUT2D eigenvalue weighted by Gasteiger charge is -2.17. The Morgan fingerprint density at radius 1 is 1.09 bits per heavy atom. The molecule has 1 aliphatic heterocycles. The predicted octanol–water partition coefficient (Wildman–Crippen LogP) is 5.34. The summed E-state index contributed by atoms with van der Waals surface area (Å²) < 4.78 is 46.6. The van der Waals surface area contributed by atoms with Crippen molar-refractivity contribution in [2.24, 2.45) is 12.0 Å². The molecule has 0 spiro atoms. The zero-order chi connectivity index (χ0) is 23.2. The largest absolute Gasteiger partial charge is 0.476 e. The molecule has 3 heterocycles. The molecule has 0 bridgehead atoms. The van der Waals surface area contributed by atoms with Gasteiger partial charge in [-0.1, -0.05) is 12.1 Å². The van der Waals surface area contributed by atoms with Crippen molar-refractivity contribution in [3.8, 4) is 16.9 Å². The highest BCUT2D eigenvalue weighted by molar-refractivity contribution is 5.86. The van der Waals surface area contributed by atoms with Crippen LogP contribution >= 0.6 is 0 Å². The third kappa shape index (κ3) is 4.07. The van der Waals surface area contributed by atoms with E-state index in [1.54, 1.807) is 0 Å². The van der Waals surface area contributed by atoms with Gasteiger partial charge in [0.25, 0.3) is 0 Å². The van der Waals surface area contributed by atoms with Crippen LogP contribution in [0.25, 0.3) is 22.0 Å². The normalized spacial score (nSPS) is 13.9. The van der Waals surface area contributed by atoms with Crippen LogP contribution in [-0.2, 0) is 26.3 Å². The predicted molar refractivity (Wildman–Crippen MR) is 119 cm³/mol. The minimum absolute atomic E-state index is 0.176. The van der Waals surface area contributed by atoms with Crippen LogP contribution < -0.4 is 4.74 Å². The Morgan fingerprint density at radius 3 is 2.67 bits per heavy atom. The summed E-state index contributed by atoms with van der Waals surface area (Å²) in [5, 5.41) is 1.15. The van der Waals surface area contributed by atoms with Crippen LogP contribution in [0.4, 0.5) is 18.9 Å². The Labute approximate surface area is 188 Å². The lowest BCUT2D eigenvalue weighted by atomic mass is 10.0. The molecule has 0 aliphatic carbocycles. The monoisotopic (exact) mass is 451 g/mol. The molecule has 5 rings (SSSR count). The molecule has 0 saturated heterocycles. The van der Waals surface area contributed by atoms with Crippen LogP contribution in [0.15, 0.2) is 59.9 Å². The third-order valence-corrected chi connectivity index (χ3v) is 5.73. The molecule has 1 aliphatic rings. The number of rotatable bonds is 5. The zero-order valence-electron chi connectivity index (χ0n) is 17.8. The maximum Gasteiger partial charge on any atom is 0.451 e. The summed E-state index contributed by atoms with van der Waals surface area (Å²) in [5.41, 5.74) is 4.82. The van der Waals surface area contributed by atoms with Crippen LogP contribution in [-0.4, -0.2) is 32.9 Å². The van der Waals surface area contributed by atoms with E-state index in [0.29, 0.717) is 29.2 Å².